The van der Waals surface area contributed by atoms with Crippen LogP contribution in [0.2, 0.25) is 0 Å². The molecule has 0 radical (unpaired) electrons. The number of carbonyl (C=O) groups excluding carboxylic acids is 2. The van der Waals surface area contributed by atoms with Crippen molar-refractivity contribution in [2.75, 3.05) is 13.7 Å². The minimum atomic E-state index is -0.757. The molecule has 0 bridgehead atoms. The molecule has 0 aliphatic carbocycles. The minimum absolute atomic E-state index is 0.0177. The predicted molar refractivity (Wildman–Crippen MR) is 105 cm³/mol. The molecule has 7 heteroatoms. The number of nitrogens with zero attached hydrogens (tertiary/aromatic N) is 1. The Hall–Kier alpha value is -2.16. The van der Waals surface area contributed by atoms with E-state index in [1.807, 2.05) is 12.1 Å². The topological polar surface area (TPSA) is 58.6 Å². The molecule has 0 aliphatic heterocycles. The summed E-state index contributed by atoms with van der Waals surface area (Å²) >= 11 is 2.17. The molecule has 0 aliphatic rings. The van der Waals surface area contributed by atoms with Crippen molar-refractivity contribution < 1.29 is 18.7 Å². The fourth-order valence-corrected chi connectivity index (χ4v) is 2.72. The smallest absolute Gasteiger partial charge is 0.261 e. The van der Waals surface area contributed by atoms with Crippen molar-refractivity contribution in [1.82, 2.24) is 10.2 Å². The second-order valence-corrected chi connectivity index (χ2v) is 6.89. The molecule has 0 aromatic heterocycles. The Morgan fingerprint density at radius 3 is 2.46 bits per heavy atom. The number of hydrogen-bond acceptors (Lipinski definition) is 3. The van der Waals surface area contributed by atoms with E-state index in [-0.39, 0.29) is 19.1 Å². The van der Waals surface area contributed by atoms with E-state index in [0.29, 0.717) is 11.3 Å². The molecule has 2 amide bonds. The highest BCUT2D eigenvalue weighted by Gasteiger charge is 2.26. The number of benzene rings is 2. The summed E-state index contributed by atoms with van der Waals surface area (Å²) in [5.74, 6) is -0.600. The molecule has 2 aromatic carbocycles. The van der Waals surface area contributed by atoms with Crippen LogP contribution in [0.3, 0.4) is 0 Å². The zero-order chi connectivity index (χ0) is 19.1. The average molecular weight is 470 g/mol. The van der Waals surface area contributed by atoms with Crippen molar-refractivity contribution in [3.8, 4) is 5.75 Å². The third-order valence-corrected chi connectivity index (χ3v) is 4.61. The molecule has 138 valence electrons. The largest absolute Gasteiger partial charge is 0.484 e. The number of amides is 2. The van der Waals surface area contributed by atoms with E-state index in [9.17, 15) is 14.0 Å². The Balaban J connectivity index is 2.13. The Morgan fingerprint density at radius 2 is 1.85 bits per heavy atom. The van der Waals surface area contributed by atoms with Gasteiger partial charge in [-0.15, -0.1) is 0 Å². The zero-order valence-electron chi connectivity index (χ0n) is 14.5. The normalized spacial score (nSPS) is 11.5. The van der Waals surface area contributed by atoms with E-state index in [1.165, 1.54) is 18.0 Å². The lowest BCUT2D eigenvalue weighted by molar-refractivity contribution is -0.142. The summed E-state index contributed by atoms with van der Waals surface area (Å²) in [5, 5.41) is 2.51. The molecular formula is C19H20FIN2O3. The summed E-state index contributed by atoms with van der Waals surface area (Å²) in [5.41, 5.74) is 0.339. The van der Waals surface area contributed by atoms with Gasteiger partial charge in [0.25, 0.3) is 5.91 Å². The molecular weight excluding hydrogens is 450 g/mol. The minimum Gasteiger partial charge on any atom is -0.484 e. The molecule has 5 nitrogen and oxygen atoms in total. The predicted octanol–water partition coefficient (Wildman–Crippen LogP) is 2.97. The van der Waals surface area contributed by atoms with Gasteiger partial charge in [0.05, 0.1) is 0 Å². The Labute approximate surface area is 165 Å². The van der Waals surface area contributed by atoms with E-state index in [4.69, 9.17) is 4.74 Å². The summed E-state index contributed by atoms with van der Waals surface area (Å²) in [6.45, 7) is 1.34. The van der Waals surface area contributed by atoms with Crippen molar-refractivity contribution in [3.63, 3.8) is 0 Å². The lowest BCUT2D eigenvalue weighted by Crippen LogP contribution is -2.48. The van der Waals surface area contributed by atoms with Gasteiger partial charge in [-0.25, -0.2) is 4.39 Å². The zero-order valence-corrected chi connectivity index (χ0v) is 16.7. The average Bonchev–Trinajstić information content (AvgIpc) is 2.65. The van der Waals surface area contributed by atoms with E-state index < -0.39 is 17.8 Å². The quantitative estimate of drug-likeness (QED) is 0.634. The molecule has 0 fully saturated rings. The van der Waals surface area contributed by atoms with Crippen LogP contribution in [-0.2, 0) is 16.1 Å². The maximum Gasteiger partial charge on any atom is 0.261 e. The first kappa shape index (κ1) is 20.2. The van der Waals surface area contributed by atoms with Gasteiger partial charge >= 0.3 is 0 Å². The van der Waals surface area contributed by atoms with Crippen molar-refractivity contribution in [2.24, 2.45) is 0 Å². The van der Waals surface area contributed by atoms with Gasteiger partial charge in [-0.1, -0.05) is 18.2 Å². The van der Waals surface area contributed by atoms with E-state index in [2.05, 4.69) is 27.9 Å². The van der Waals surface area contributed by atoms with Crippen molar-refractivity contribution >= 4 is 34.4 Å². The summed E-state index contributed by atoms with van der Waals surface area (Å²) in [4.78, 5) is 26.0. The van der Waals surface area contributed by atoms with Gasteiger partial charge in [0, 0.05) is 22.7 Å². The Kier molecular flexibility index (Phi) is 7.38. The molecule has 2 aromatic rings. The van der Waals surface area contributed by atoms with Crippen LogP contribution in [0.1, 0.15) is 12.5 Å². The maximum absolute atomic E-state index is 14.0. The second-order valence-electron chi connectivity index (χ2n) is 5.65. The summed E-state index contributed by atoms with van der Waals surface area (Å²) < 4.78 is 20.5. The third-order valence-electron chi connectivity index (χ3n) is 3.89. The number of ether oxygens (including phenoxy) is 1. The highest BCUT2D eigenvalue weighted by atomic mass is 127. The number of halogens is 2. The lowest BCUT2D eigenvalue weighted by Gasteiger charge is -2.28. The van der Waals surface area contributed by atoms with Crippen molar-refractivity contribution in [3.05, 3.63) is 63.5 Å². The number of hydrogen-bond donors (Lipinski definition) is 1. The maximum atomic E-state index is 14.0. The molecule has 0 spiro atoms. The molecule has 1 atom stereocenters. The Morgan fingerprint density at radius 1 is 1.19 bits per heavy atom. The van der Waals surface area contributed by atoms with Crippen LogP contribution < -0.4 is 10.1 Å². The van der Waals surface area contributed by atoms with Crippen LogP contribution in [0.4, 0.5) is 4.39 Å². The van der Waals surface area contributed by atoms with Gasteiger partial charge in [0.1, 0.15) is 17.6 Å². The van der Waals surface area contributed by atoms with Gasteiger partial charge in [0.2, 0.25) is 5.91 Å². The van der Waals surface area contributed by atoms with Gasteiger partial charge < -0.3 is 15.0 Å². The van der Waals surface area contributed by atoms with Gasteiger partial charge in [-0.3, -0.25) is 9.59 Å². The third kappa shape index (κ3) is 5.42. The van der Waals surface area contributed by atoms with E-state index in [0.717, 1.165) is 3.57 Å². The van der Waals surface area contributed by atoms with Gasteiger partial charge in [-0.2, -0.15) is 0 Å². The van der Waals surface area contributed by atoms with Crippen molar-refractivity contribution in [2.45, 2.75) is 19.5 Å². The number of likely N-dealkylation sites (N-methyl/N-ethyl adjacent to an activating group) is 1. The van der Waals surface area contributed by atoms with Crippen LogP contribution in [0.15, 0.2) is 48.5 Å². The first-order valence-electron chi connectivity index (χ1n) is 8.05. The number of rotatable bonds is 7. The van der Waals surface area contributed by atoms with Crippen LogP contribution in [0.25, 0.3) is 0 Å². The molecule has 0 heterocycles. The van der Waals surface area contributed by atoms with Crippen LogP contribution >= 0.6 is 22.6 Å². The highest BCUT2D eigenvalue weighted by molar-refractivity contribution is 14.1. The first-order chi connectivity index (χ1) is 12.4. The van der Waals surface area contributed by atoms with Crippen LogP contribution in [-0.4, -0.2) is 36.4 Å². The van der Waals surface area contributed by atoms with Crippen LogP contribution in [0.5, 0.6) is 5.75 Å². The van der Waals surface area contributed by atoms with Gasteiger partial charge in [-0.05, 0) is 59.8 Å². The first-order valence-corrected chi connectivity index (χ1v) is 9.13. The fourth-order valence-electron chi connectivity index (χ4n) is 2.36. The monoisotopic (exact) mass is 470 g/mol. The molecule has 2 rings (SSSR count). The highest BCUT2D eigenvalue weighted by Crippen LogP contribution is 2.16. The SMILES string of the molecule is CNC(=O)[C@@H](C)N(Cc1ccccc1F)C(=O)COc1ccc(I)cc1. The Bertz CT molecular complexity index is 768. The van der Waals surface area contributed by atoms with Crippen LogP contribution in [0, 0.1) is 9.39 Å². The summed E-state index contributed by atoms with van der Waals surface area (Å²) in [7, 11) is 1.49. The molecule has 26 heavy (non-hydrogen) atoms. The summed E-state index contributed by atoms with van der Waals surface area (Å²) in [6, 6.07) is 12.7. The molecule has 0 saturated heterocycles. The van der Waals surface area contributed by atoms with E-state index in [1.54, 1.807) is 37.3 Å². The van der Waals surface area contributed by atoms with E-state index >= 15 is 0 Å². The van der Waals surface area contributed by atoms with Gasteiger partial charge in [0.15, 0.2) is 6.61 Å². The molecule has 0 saturated carbocycles. The van der Waals surface area contributed by atoms with Crippen molar-refractivity contribution in [1.29, 1.82) is 0 Å². The molecule has 1 N–H and O–H groups in total. The second kappa shape index (κ2) is 9.51. The molecule has 0 unspecified atom stereocenters. The summed E-state index contributed by atoms with van der Waals surface area (Å²) in [6.07, 6.45) is 0. The number of nitrogens with one attached hydrogen (secondary N) is 1. The standard InChI is InChI=1S/C19H20FIN2O3/c1-13(19(25)22-2)23(11-14-5-3-4-6-17(14)20)18(24)12-26-16-9-7-15(21)8-10-16/h3-10,13H,11-12H2,1-2H3,(H,22,25)/t13-/m1/s1. The fraction of sp³-hybridized carbons (Fsp3) is 0.263. The lowest BCUT2D eigenvalue weighted by atomic mass is 10.1. The number of carbonyl (C=O) groups is 2.